The monoisotopic (exact) mass is 320 g/mol. The van der Waals surface area contributed by atoms with Crippen molar-refractivity contribution >= 4 is 5.91 Å². The van der Waals surface area contributed by atoms with Crippen LogP contribution in [0.5, 0.6) is 0 Å². The fraction of sp³-hybridized carbons (Fsp3) is 0.611. The van der Waals surface area contributed by atoms with Crippen molar-refractivity contribution in [2.24, 2.45) is 0 Å². The van der Waals surface area contributed by atoms with Gasteiger partial charge in [-0.25, -0.2) is 0 Å². The number of carbonyl (C=O) groups excluding carboxylic acids is 1. The molecule has 1 aliphatic rings. The molecule has 0 unspecified atom stereocenters. The van der Waals surface area contributed by atoms with Crippen LogP contribution in [0, 0.1) is 6.92 Å². The number of nitrogens with zero attached hydrogens (tertiary/aromatic N) is 2. The normalized spacial score (nSPS) is 18.4. The van der Waals surface area contributed by atoms with Gasteiger partial charge in [-0.1, -0.05) is 29.8 Å². The van der Waals surface area contributed by atoms with Gasteiger partial charge in [-0.3, -0.25) is 9.69 Å². The maximum Gasteiger partial charge on any atom is 0.236 e. The van der Waals surface area contributed by atoms with Crippen LogP contribution in [-0.4, -0.2) is 68.8 Å². The molecule has 0 bridgehead atoms. The molecule has 1 saturated heterocycles. The molecule has 1 aromatic carbocycles. The summed E-state index contributed by atoms with van der Waals surface area (Å²) in [5, 5.41) is 0. The van der Waals surface area contributed by atoms with E-state index in [1.54, 1.807) is 7.11 Å². The van der Waals surface area contributed by atoms with Gasteiger partial charge in [0, 0.05) is 33.4 Å². The largest absolute Gasteiger partial charge is 0.385 e. The summed E-state index contributed by atoms with van der Waals surface area (Å²) in [6, 6.07) is 8.44. The first-order valence-corrected chi connectivity index (χ1v) is 8.21. The number of benzene rings is 1. The molecule has 0 N–H and O–H groups in total. The molecular weight excluding hydrogens is 292 g/mol. The molecule has 0 saturated carbocycles. The van der Waals surface area contributed by atoms with Crippen molar-refractivity contribution in [1.82, 2.24) is 9.80 Å². The number of hydrogen-bond donors (Lipinski definition) is 0. The van der Waals surface area contributed by atoms with Gasteiger partial charge in [0.25, 0.3) is 0 Å². The van der Waals surface area contributed by atoms with Gasteiger partial charge >= 0.3 is 0 Å². The highest BCUT2D eigenvalue weighted by atomic mass is 16.5. The second-order valence-corrected chi connectivity index (χ2v) is 6.27. The Morgan fingerprint density at radius 2 is 2.13 bits per heavy atom. The van der Waals surface area contributed by atoms with Gasteiger partial charge in [0.2, 0.25) is 5.91 Å². The zero-order valence-electron chi connectivity index (χ0n) is 14.5. The van der Waals surface area contributed by atoms with Crippen molar-refractivity contribution in [3.63, 3.8) is 0 Å². The Morgan fingerprint density at radius 1 is 1.39 bits per heavy atom. The van der Waals surface area contributed by atoms with E-state index in [1.807, 2.05) is 11.9 Å². The number of amides is 1. The van der Waals surface area contributed by atoms with Gasteiger partial charge in [-0.2, -0.15) is 0 Å². The molecule has 5 heteroatoms. The molecule has 2 rings (SSSR count). The lowest BCUT2D eigenvalue weighted by molar-refractivity contribution is -0.140. The highest BCUT2D eigenvalue weighted by molar-refractivity contribution is 5.78. The minimum absolute atomic E-state index is 0.0926. The molecule has 1 fully saturated rings. The number of hydrogen-bond acceptors (Lipinski definition) is 4. The highest BCUT2D eigenvalue weighted by Crippen LogP contribution is 2.10. The summed E-state index contributed by atoms with van der Waals surface area (Å²) < 4.78 is 10.8. The maximum atomic E-state index is 12.5. The number of morpholine rings is 1. The molecule has 1 heterocycles. The summed E-state index contributed by atoms with van der Waals surface area (Å²) in [5.41, 5.74) is 2.48. The van der Waals surface area contributed by atoms with Crippen LogP contribution in [0.25, 0.3) is 0 Å². The Hall–Kier alpha value is -1.43. The predicted molar refractivity (Wildman–Crippen MR) is 90.3 cm³/mol. The third-order valence-electron chi connectivity index (χ3n) is 4.11. The summed E-state index contributed by atoms with van der Waals surface area (Å²) in [4.78, 5) is 16.4. The number of methoxy groups -OCH3 is 1. The molecule has 0 radical (unpaired) electrons. The second kappa shape index (κ2) is 9.01. The molecule has 1 atom stereocenters. The van der Waals surface area contributed by atoms with Crippen LogP contribution >= 0.6 is 0 Å². The summed E-state index contributed by atoms with van der Waals surface area (Å²) in [7, 11) is 3.67. The van der Waals surface area contributed by atoms with E-state index < -0.39 is 0 Å². The zero-order chi connectivity index (χ0) is 16.7. The van der Waals surface area contributed by atoms with Gasteiger partial charge < -0.3 is 14.4 Å². The Labute approximate surface area is 139 Å². The maximum absolute atomic E-state index is 12.5. The first-order chi connectivity index (χ1) is 11.1. The standard InChI is InChI=1S/C18H28N2O3/c1-15-4-6-16(7-5-15)12-19(2)14-18(21)20-9-11-23-17(13-20)8-10-22-3/h4-7,17H,8-14H2,1-3H3/t17-/m1/s1. The molecule has 1 aliphatic heterocycles. The fourth-order valence-corrected chi connectivity index (χ4v) is 2.76. The van der Waals surface area contributed by atoms with Gasteiger partial charge in [-0.05, 0) is 26.0 Å². The van der Waals surface area contributed by atoms with Crippen LogP contribution in [0.1, 0.15) is 17.5 Å². The summed E-state index contributed by atoms with van der Waals surface area (Å²) >= 11 is 0. The van der Waals surface area contributed by atoms with E-state index in [0.29, 0.717) is 32.8 Å². The van der Waals surface area contributed by atoms with Crippen LogP contribution in [0.2, 0.25) is 0 Å². The van der Waals surface area contributed by atoms with E-state index in [9.17, 15) is 4.79 Å². The number of ether oxygens (including phenoxy) is 2. The summed E-state index contributed by atoms with van der Waals surface area (Å²) in [6.07, 6.45) is 0.925. The minimum Gasteiger partial charge on any atom is -0.385 e. The van der Waals surface area contributed by atoms with E-state index >= 15 is 0 Å². The Bertz CT molecular complexity index is 490. The molecule has 0 aromatic heterocycles. The van der Waals surface area contributed by atoms with Crippen molar-refractivity contribution in [2.75, 3.05) is 47.0 Å². The van der Waals surface area contributed by atoms with Gasteiger partial charge in [0.15, 0.2) is 0 Å². The molecule has 23 heavy (non-hydrogen) atoms. The number of carbonyl (C=O) groups is 1. The van der Waals surface area contributed by atoms with E-state index in [4.69, 9.17) is 9.47 Å². The van der Waals surface area contributed by atoms with Crippen LogP contribution in [0.4, 0.5) is 0 Å². The van der Waals surface area contributed by atoms with Gasteiger partial charge in [-0.15, -0.1) is 0 Å². The zero-order valence-corrected chi connectivity index (χ0v) is 14.5. The lowest BCUT2D eigenvalue weighted by atomic mass is 10.1. The lowest BCUT2D eigenvalue weighted by Gasteiger charge is -2.34. The average molecular weight is 320 g/mol. The van der Waals surface area contributed by atoms with Crippen LogP contribution in [0.3, 0.4) is 0 Å². The average Bonchev–Trinajstić information content (AvgIpc) is 2.55. The van der Waals surface area contributed by atoms with Crippen molar-refractivity contribution in [3.05, 3.63) is 35.4 Å². The lowest BCUT2D eigenvalue weighted by Crippen LogP contribution is -2.48. The van der Waals surface area contributed by atoms with Crippen molar-refractivity contribution in [1.29, 1.82) is 0 Å². The smallest absolute Gasteiger partial charge is 0.236 e. The molecule has 5 nitrogen and oxygen atoms in total. The molecule has 1 aromatic rings. The quantitative estimate of drug-likeness (QED) is 0.767. The minimum atomic E-state index is 0.0926. The third-order valence-corrected chi connectivity index (χ3v) is 4.11. The topological polar surface area (TPSA) is 42.0 Å². The van der Waals surface area contributed by atoms with Crippen molar-refractivity contribution < 1.29 is 14.3 Å². The first kappa shape index (κ1) is 17.9. The van der Waals surface area contributed by atoms with Gasteiger partial charge in [0.05, 0.1) is 19.3 Å². The SMILES string of the molecule is COCC[C@@H]1CN(C(=O)CN(C)Cc2ccc(C)cc2)CCO1. The van der Waals surface area contributed by atoms with Crippen LogP contribution < -0.4 is 0 Å². The first-order valence-electron chi connectivity index (χ1n) is 8.21. The Morgan fingerprint density at radius 3 is 2.83 bits per heavy atom. The highest BCUT2D eigenvalue weighted by Gasteiger charge is 2.24. The second-order valence-electron chi connectivity index (χ2n) is 6.27. The summed E-state index contributed by atoms with van der Waals surface area (Å²) in [6.45, 7) is 5.92. The van der Waals surface area contributed by atoms with Gasteiger partial charge in [0.1, 0.15) is 0 Å². The molecule has 0 aliphatic carbocycles. The Kier molecular flexibility index (Phi) is 7.02. The fourth-order valence-electron chi connectivity index (χ4n) is 2.76. The van der Waals surface area contributed by atoms with Crippen molar-refractivity contribution in [2.45, 2.75) is 26.0 Å². The number of likely N-dealkylation sites (N-methyl/N-ethyl adjacent to an activating group) is 1. The summed E-state index contributed by atoms with van der Waals surface area (Å²) in [5.74, 6) is 0.172. The van der Waals surface area contributed by atoms with Crippen LogP contribution in [-0.2, 0) is 20.8 Å². The number of aryl methyl sites for hydroxylation is 1. The molecule has 128 valence electrons. The Balaban J connectivity index is 1.79. The van der Waals surface area contributed by atoms with E-state index in [2.05, 4.69) is 36.1 Å². The molecular formula is C18H28N2O3. The van der Waals surface area contributed by atoms with E-state index in [0.717, 1.165) is 13.0 Å². The number of rotatable bonds is 7. The van der Waals surface area contributed by atoms with Crippen molar-refractivity contribution in [3.8, 4) is 0 Å². The molecule has 1 amide bonds. The van der Waals surface area contributed by atoms with Crippen LogP contribution in [0.15, 0.2) is 24.3 Å². The van der Waals surface area contributed by atoms with E-state index in [1.165, 1.54) is 11.1 Å². The predicted octanol–water partition coefficient (Wildman–Crippen LogP) is 1.69. The third kappa shape index (κ3) is 5.94. The van der Waals surface area contributed by atoms with E-state index in [-0.39, 0.29) is 12.0 Å². The molecule has 0 spiro atoms.